The van der Waals surface area contributed by atoms with Crippen molar-refractivity contribution in [3.05, 3.63) is 10.5 Å². The Kier molecular flexibility index (Phi) is 4.44. The molecule has 1 fully saturated rings. The van der Waals surface area contributed by atoms with Gasteiger partial charge in [-0.15, -0.1) is 0 Å². The van der Waals surface area contributed by atoms with Crippen molar-refractivity contribution in [1.29, 1.82) is 0 Å². The van der Waals surface area contributed by atoms with Gasteiger partial charge >= 0.3 is 5.97 Å². The number of fused-ring (bicyclic) bond motifs is 1. The number of hydrogen-bond donors (Lipinski definition) is 0. The molecule has 22 heavy (non-hydrogen) atoms. The zero-order valence-corrected chi connectivity index (χ0v) is 13.6. The summed E-state index contributed by atoms with van der Waals surface area (Å²) in [5.41, 5.74) is 0.705. The lowest BCUT2D eigenvalue weighted by Crippen LogP contribution is -2.32. The first-order valence-electron chi connectivity index (χ1n) is 7.58. The minimum atomic E-state index is -0.494. The number of carbonyl (C=O) groups is 2. The molecule has 0 aromatic heterocycles. The molecular formula is C15H19N3O3S. The summed E-state index contributed by atoms with van der Waals surface area (Å²) in [6.07, 6.45) is 2.37. The molecule has 118 valence electrons. The van der Waals surface area contributed by atoms with Crippen molar-refractivity contribution in [2.75, 3.05) is 26.2 Å². The van der Waals surface area contributed by atoms with E-state index >= 15 is 0 Å². The average Bonchev–Trinajstić information content (AvgIpc) is 3.07. The van der Waals surface area contributed by atoms with Crippen molar-refractivity contribution < 1.29 is 14.3 Å². The quantitative estimate of drug-likeness (QED) is 0.736. The van der Waals surface area contributed by atoms with Gasteiger partial charge in [0.2, 0.25) is 0 Å². The van der Waals surface area contributed by atoms with Crippen molar-refractivity contribution in [1.82, 2.24) is 4.90 Å². The fourth-order valence-corrected chi connectivity index (χ4v) is 4.07. The van der Waals surface area contributed by atoms with Gasteiger partial charge in [0.15, 0.2) is 0 Å². The first-order chi connectivity index (χ1) is 10.6. The number of rotatable bonds is 4. The SMILES string of the molecule is CCOC(=O)C1=C(C)C2C(=O)N=C(CN3CCCC3)N=C2S1. The van der Waals surface area contributed by atoms with E-state index in [0.717, 1.165) is 13.1 Å². The van der Waals surface area contributed by atoms with Gasteiger partial charge in [0.05, 0.1) is 23.1 Å². The van der Waals surface area contributed by atoms with Crippen LogP contribution in [0, 0.1) is 5.92 Å². The number of likely N-dealkylation sites (tertiary alicyclic amines) is 1. The summed E-state index contributed by atoms with van der Waals surface area (Å²) < 4.78 is 5.04. The number of aliphatic imine (C=N–C) groups is 2. The van der Waals surface area contributed by atoms with Crippen LogP contribution in [0.25, 0.3) is 0 Å². The molecule has 0 saturated carbocycles. The molecule has 0 aromatic carbocycles. The third-order valence-electron chi connectivity index (χ3n) is 3.99. The van der Waals surface area contributed by atoms with Crippen LogP contribution in [0.5, 0.6) is 0 Å². The van der Waals surface area contributed by atoms with Crippen LogP contribution in [0.3, 0.4) is 0 Å². The molecule has 3 rings (SSSR count). The van der Waals surface area contributed by atoms with Gasteiger partial charge in [0.25, 0.3) is 5.91 Å². The molecule has 3 aliphatic rings. The van der Waals surface area contributed by atoms with E-state index < -0.39 is 5.92 Å². The molecule has 6 nitrogen and oxygen atoms in total. The van der Waals surface area contributed by atoms with Crippen molar-refractivity contribution in [2.24, 2.45) is 15.9 Å². The number of amides is 1. The summed E-state index contributed by atoms with van der Waals surface area (Å²) in [6.45, 7) is 6.53. The Labute approximate surface area is 133 Å². The largest absolute Gasteiger partial charge is 0.462 e. The molecule has 0 bridgehead atoms. The highest BCUT2D eigenvalue weighted by atomic mass is 32.2. The smallest absolute Gasteiger partial charge is 0.344 e. The summed E-state index contributed by atoms with van der Waals surface area (Å²) in [7, 11) is 0. The number of carbonyl (C=O) groups excluding carboxylic acids is 2. The molecule has 7 heteroatoms. The van der Waals surface area contributed by atoms with Gasteiger partial charge in [-0.3, -0.25) is 9.69 Å². The highest BCUT2D eigenvalue weighted by Crippen LogP contribution is 2.41. The zero-order valence-electron chi connectivity index (χ0n) is 12.8. The van der Waals surface area contributed by atoms with Gasteiger partial charge in [-0.1, -0.05) is 11.8 Å². The second-order valence-corrected chi connectivity index (χ2v) is 6.60. The summed E-state index contributed by atoms with van der Waals surface area (Å²) >= 11 is 1.25. The molecule has 0 spiro atoms. The van der Waals surface area contributed by atoms with Crippen molar-refractivity contribution in [3.8, 4) is 0 Å². The van der Waals surface area contributed by atoms with Gasteiger partial charge in [0.1, 0.15) is 11.8 Å². The summed E-state index contributed by atoms with van der Waals surface area (Å²) in [4.78, 5) is 35.6. The summed E-state index contributed by atoms with van der Waals surface area (Å²) in [6, 6.07) is 0. The number of nitrogens with zero attached hydrogens (tertiary/aromatic N) is 3. The maximum absolute atomic E-state index is 12.3. The molecule has 1 amide bonds. The Morgan fingerprint density at radius 3 is 2.77 bits per heavy atom. The average molecular weight is 321 g/mol. The van der Waals surface area contributed by atoms with Crippen LogP contribution >= 0.6 is 11.8 Å². The van der Waals surface area contributed by atoms with E-state index in [1.54, 1.807) is 13.8 Å². The summed E-state index contributed by atoms with van der Waals surface area (Å²) in [5, 5.41) is 0.662. The fourth-order valence-electron chi connectivity index (χ4n) is 2.89. The zero-order chi connectivity index (χ0) is 15.7. The van der Waals surface area contributed by atoms with E-state index in [9.17, 15) is 9.59 Å². The Morgan fingerprint density at radius 1 is 1.36 bits per heavy atom. The predicted octanol–water partition coefficient (Wildman–Crippen LogP) is 1.62. The number of hydrogen-bond acceptors (Lipinski definition) is 6. The van der Waals surface area contributed by atoms with Crippen LogP contribution in [0.4, 0.5) is 0 Å². The van der Waals surface area contributed by atoms with Crippen LogP contribution in [0.15, 0.2) is 20.5 Å². The molecule has 0 radical (unpaired) electrons. The highest BCUT2D eigenvalue weighted by Gasteiger charge is 2.40. The number of ether oxygens (including phenoxy) is 1. The first kappa shape index (κ1) is 15.4. The standard InChI is InChI=1S/C15H19N3O3S/c1-3-21-15(20)12-9(2)11-13(19)16-10(17-14(11)22-12)8-18-6-4-5-7-18/h11H,3-8H2,1-2H3. The number of esters is 1. The molecule has 1 saturated heterocycles. The predicted molar refractivity (Wildman–Crippen MR) is 86.0 cm³/mol. The molecular weight excluding hydrogens is 302 g/mol. The Bertz CT molecular complexity index is 603. The molecule has 0 N–H and O–H groups in total. The van der Waals surface area contributed by atoms with Gasteiger partial charge < -0.3 is 4.74 Å². The van der Waals surface area contributed by atoms with Gasteiger partial charge in [-0.25, -0.2) is 9.79 Å². The van der Waals surface area contributed by atoms with E-state index in [-0.39, 0.29) is 11.9 Å². The van der Waals surface area contributed by atoms with Crippen LogP contribution in [-0.2, 0) is 14.3 Å². The Balaban J connectivity index is 1.77. The van der Waals surface area contributed by atoms with E-state index in [1.807, 2.05) is 0 Å². The van der Waals surface area contributed by atoms with Gasteiger partial charge in [-0.2, -0.15) is 4.99 Å². The highest BCUT2D eigenvalue weighted by molar-refractivity contribution is 8.18. The lowest BCUT2D eigenvalue weighted by molar-refractivity contribution is -0.137. The molecule has 0 aliphatic carbocycles. The second kappa shape index (κ2) is 6.34. The van der Waals surface area contributed by atoms with Crippen molar-refractivity contribution in [2.45, 2.75) is 26.7 Å². The second-order valence-electron chi connectivity index (χ2n) is 5.57. The van der Waals surface area contributed by atoms with Crippen LogP contribution < -0.4 is 0 Å². The molecule has 1 atom stereocenters. The lowest BCUT2D eigenvalue weighted by atomic mass is 10.00. The van der Waals surface area contributed by atoms with E-state index in [4.69, 9.17) is 4.74 Å². The maximum Gasteiger partial charge on any atom is 0.344 e. The maximum atomic E-state index is 12.3. The Hall–Kier alpha value is -1.47. The van der Waals surface area contributed by atoms with Crippen LogP contribution in [0.1, 0.15) is 26.7 Å². The van der Waals surface area contributed by atoms with Crippen LogP contribution in [-0.4, -0.2) is 53.9 Å². The van der Waals surface area contributed by atoms with Gasteiger partial charge in [-0.05, 0) is 45.4 Å². The minimum Gasteiger partial charge on any atom is -0.462 e. The fraction of sp³-hybridized carbons (Fsp3) is 0.600. The lowest BCUT2D eigenvalue weighted by Gasteiger charge is -2.18. The number of amidine groups is 1. The van der Waals surface area contributed by atoms with Crippen LogP contribution in [0.2, 0.25) is 0 Å². The van der Waals surface area contributed by atoms with E-state index in [0.29, 0.717) is 34.5 Å². The Morgan fingerprint density at radius 2 is 2.09 bits per heavy atom. The van der Waals surface area contributed by atoms with E-state index in [2.05, 4.69) is 14.9 Å². The third-order valence-corrected chi connectivity index (χ3v) is 5.22. The minimum absolute atomic E-state index is 0.219. The molecule has 3 aliphatic heterocycles. The van der Waals surface area contributed by atoms with Crippen molar-refractivity contribution >= 4 is 34.5 Å². The monoisotopic (exact) mass is 321 g/mol. The first-order valence-corrected chi connectivity index (χ1v) is 8.40. The van der Waals surface area contributed by atoms with Crippen molar-refractivity contribution in [3.63, 3.8) is 0 Å². The molecule has 3 heterocycles. The number of thioether (sulfide) groups is 1. The molecule has 0 aromatic rings. The van der Waals surface area contributed by atoms with Gasteiger partial charge in [0, 0.05) is 0 Å². The summed E-state index contributed by atoms with van der Waals surface area (Å²) in [5.74, 6) is -0.533. The normalized spacial score (nSPS) is 25.2. The topological polar surface area (TPSA) is 71.3 Å². The van der Waals surface area contributed by atoms with E-state index in [1.165, 1.54) is 24.6 Å². The third kappa shape index (κ3) is 2.87. The molecule has 1 unspecified atom stereocenters.